The van der Waals surface area contributed by atoms with Gasteiger partial charge in [-0.2, -0.15) is 13.2 Å². The standard InChI is InChI=1S/C19H12ClF3N2O/c1-9-16-13(6-7-14-17(16)12(20)8-15(26)24-14)25-18(9)10-2-4-11(5-3-10)19(21,22)23/h2-8,25H,1H3,(H,24,26). The van der Waals surface area contributed by atoms with Crippen LogP contribution in [0.15, 0.2) is 47.3 Å². The Labute approximate surface area is 150 Å². The highest BCUT2D eigenvalue weighted by Gasteiger charge is 2.30. The molecule has 4 rings (SSSR count). The first-order valence-corrected chi connectivity index (χ1v) is 8.15. The molecule has 0 unspecified atom stereocenters. The van der Waals surface area contributed by atoms with Crippen LogP contribution in [0.4, 0.5) is 13.2 Å². The van der Waals surface area contributed by atoms with Crippen molar-refractivity contribution in [3.05, 3.63) is 69.0 Å². The van der Waals surface area contributed by atoms with Crippen LogP contribution in [0.5, 0.6) is 0 Å². The molecule has 26 heavy (non-hydrogen) atoms. The summed E-state index contributed by atoms with van der Waals surface area (Å²) < 4.78 is 38.3. The van der Waals surface area contributed by atoms with E-state index in [1.165, 1.54) is 18.2 Å². The fourth-order valence-electron chi connectivity index (χ4n) is 3.27. The molecule has 2 aromatic carbocycles. The van der Waals surface area contributed by atoms with Gasteiger partial charge in [0.05, 0.1) is 16.1 Å². The Balaban J connectivity index is 1.96. The van der Waals surface area contributed by atoms with E-state index in [2.05, 4.69) is 9.97 Å². The molecule has 0 aliphatic rings. The van der Waals surface area contributed by atoms with Gasteiger partial charge in [-0.05, 0) is 42.3 Å². The van der Waals surface area contributed by atoms with Crippen LogP contribution in [0, 0.1) is 6.92 Å². The van der Waals surface area contributed by atoms with E-state index in [1.54, 1.807) is 6.07 Å². The lowest BCUT2D eigenvalue weighted by Crippen LogP contribution is -2.04. The third kappa shape index (κ3) is 2.57. The molecule has 0 radical (unpaired) electrons. The zero-order chi connectivity index (χ0) is 18.6. The monoisotopic (exact) mass is 376 g/mol. The molecular weight excluding hydrogens is 365 g/mol. The molecule has 0 saturated carbocycles. The molecule has 0 spiro atoms. The minimum Gasteiger partial charge on any atom is -0.354 e. The summed E-state index contributed by atoms with van der Waals surface area (Å²) in [6.45, 7) is 1.87. The van der Waals surface area contributed by atoms with Crippen molar-refractivity contribution < 1.29 is 13.2 Å². The van der Waals surface area contributed by atoms with Gasteiger partial charge in [0, 0.05) is 28.0 Å². The summed E-state index contributed by atoms with van der Waals surface area (Å²) in [5.41, 5.74) is 2.61. The number of rotatable bonds is 1. The number of fused-ring (bicyclic) bond motifs is 3. The highest BCUT2D eigenvalue weighted by atomic mass is 35.5. The van der Waals surface area contributed by atoms with E-state index in [0.717, 1.165) is 28.6 Å². The van der Waals surface area contributed by atoms with Gasteiger partial charge in [-0.3, -0.25) is 4.79 Å². The van der Waals surface area contributed by atoms with Gasteiger partial charge in [0.2, 0.25) is 5.56 Å². The molecule has 0 atom stereocenters. The van der Waals surface area contributed by atoms with Crippen molar-refractivity contribution in [2.75, 3.05) is 0 Å². The second-order valence-corrected chi connectivity index (χ2v) is 6.50. The van der Waals surface area contributed by atoms with Gasteiger partial charge in [-0.15, -0.1) is 0 Å². The van der Waals surface area contributed by atoms with Gasteiger partial charge in [-0.25, -0.2) is 0 Å². The lowest BCUT2D eigenvalue weighted by atomic mass is 10.0. The van der Waals surface area contributed by atoms with Crippen molar-refractivity contribution in [1.82, 2.24) is 9.97 Å². The molecule has 0 aliphatic carbocycles. The van der Waals surface area contributed by atoms with E-state index >= 15 is 0 Å². The summed E-state index contributed by atoms with van der Waals surface area (Å²) in [4.78, 5) is 17.6. The summed E-state index contributed by atoms with van der Waals surface area (Å²) in [6.07, 6.45) is -4.37. The Bertz CT molecular complexity index is 1200. The summed E-state index contributed by atoms with van der Waals surface area (Å²) in [6, 6.07) is 9.86. The van der Waals surface area contributed by atoms with Crippen LogP contribution in [-0.2, 0) is 6.18 Å². The lowest BCUT2D eigenvalue weighted by molar-refractivity contribution is -0.137. The average Bonchev–Trinajstić information content (AvgIpc) is 2.91. The molecule has 0 fully saturated rings. The normalized spacial score (nSPS) is 12.2. The Kier molecular flexibility index (Phi) is 3.63. The third-order valence-corrected chi connectivity index (χ3v) is 4.77. The minimum atomic E-state index is -4.37. The quantitative estimate of drug-likeness (QED) is 0.442. The Morgan fingerprint density at radius 3 is 2.15 bits per heavy atom. The maximum absolute atomic E-state index is 12.8. The number of aromatic nitrogens is 2. The molecule has 4 aromatic rings. The molecule has 0 bridgehead atoms. The van der Waals surface area contributed by atoms with Crippen LogP contribution in [-0.4, -0.2) is 9.97 Å². The molecule has 2 heterocycles. The van der Waals surface area contributed by atoms with Gasteiger partial charge < -0.3 is 9.97 Å². The van der Waals surface area contributed by atoms with Crippen molar-refractivity contribution in [1.29, 1.82) is 0 Å². The number of H-pyrrole nitrogens is 2. The Morgan fingerprint density at radius 1 is 0.923 bits per heavy atom. The first-order chi connectivity index (χ1) is 12.3. The second kappa shape index (κ2) is 5.64. The number of hydrogen-bond donors (Lipinski definition) is 2. The fraction of sp³-hybridized carbons (Fsp3) is 0.105. The predicted molar refractivity (Wildman–Crippen MR) is 96.6 cm³/mol. The highest BCUT2D eigenvalue weighted by molar-refractivity contribution is 6.37. The van der Waals surface area contributed by atoms with Crippen LogP contribution < -0.4 is 5.56 Å². The molecule has 2 aromatic heterocycles. The number of nitrogens with one attached hydrogen (secondary N) is 2. The molecule has 2 N–H and O–H groups in total. The molecule has 0 aliphatic heterocycles. The number of aryl methyl sites for hydroxylation is 1. The Morgan fingerprint density at radius 2 is 1.54 bits per heavy atom. The van der Waals surface area contributed by atoms with E-state index in [-0.39, 0.29) is 5.56 Å². The molecule has 0 saturated heterocycles. The molecule has 7 heteroatoms. The third-order valence-electron chi connectivity index (χ3n) is 4.47. The second-order valence-electron chi connectivity index (χ2n) is 6.09. The first-order valence-electron chi connectivity index (χ1n) is 7.77. The van der Waals surface area contributed by atoms with Crippen LogP contribution >= 0.6 is 11.6 Å². The number of aromatic amines is 2. The maximum atomic E-state index is 12.8. The van der Waals surface area contributed by atoms with Crippen LogP contribution in [0.1, 0.15) is 11.1 Å². The summed E-state index contributed by atoms with van der Waals surface area (Å²) in [7, 11) is 0. The SMILES string of the molecule is Cc1c(-c2ccc(C(F)(F)F)cc2)[nH]c2ccc3[nH]c(=O)cc(Cl)c3c12. The summed E-state index contributed by atoms with van der Waals surface area (Å²) >= 11 is 6.28. The van der Waals surface area contributed by atoms with E-state index in [1.807, 2.05) is 13.0 Å². The zero-order valence-electron chi connectivity index (χ0n) is 13.5. The summed E-state index contributed by atoms with van der Waals surface area (Å²) in [5, 5.41) is 1.87. The number of pyridine rings is 1. The first kappa shape index (κ1) is 16.7. The van der Waals surface area contributed by atoms with Crippen molar-refractivity contribution in [3.63, 3.8) is 0 Å². The van der Waals surface area contributed by atoms with Crippen LogP contribution in [0.3, 0.4) is 0 Å². The van der Waals surface area contributed by atoms with Crippen molar-refractivity contribution in [2.24, 2.45) is 0 Å². The van der Waals surface area contributed by atoms with Crippen LogP contribution in [0.2, 0.25) is 5.02 Å². The highest BCUT2D eigenvalue weighted by Crippen LogP contribution is 2.37. The van der Waals surface area contributed by atoms with E-state index < -0.39 is 11.7 Å². The maximum Gasteiger partial charge on any atom is 0.416 e. The van der Waals surface area contributed by atoms with E-state index in [9.17, 15) is 18.0 Å². The van der Waals surface area contributed by atoms with Crippen LogP contribution in [0.25, 0.3) is 33.1 Å². The molecule has 0 amide bonds. The smallest absolute Gasteiger partial charge is 0.354 e. The fourth-order valence-corrected chi connectivity index (χ4v) is 3.57. The van der Waals surface area contributed by atoms with Crippen molar-refractivity contribution in [3.8, 4) is 11.3 Å². The minimum absolute atomic E-state index is 0.294. The number of benzene rings is 2. The largest absolute Gasteiger partial charge is 0.416 e. The lowest BCUT2D eigenvalue weighted by Gasteiger charge is -2.07. The molecular formula is C19H12ClF3N2O. The van der Waals surface area contributed by atoms with Gasteiger partial charge >= 0.3 is 6.18 Å². The topological polar surface area (TPSA) is 48.6 Å². The van der Waals surface area contributed by atoms with Gasteiger partial charge in [0.1, 0.15) is 0 Å². The number of halogens is 4. The number of alkyl halides is 3. The van der Waals surface area contributed by atoms with Gasteiger partial charge in [0.25, 0.3) is 0 Å². The van der Waals surface area contributed by atoms with E-state index in [4.69, 9.17) is 11.6 Å². The van der Waals surface area contributed by atoms with Crippen molar-refractivity contribution in [2.45, 2.75) is 13.1 Å². The number of hydrogen-bond acceptors (Lipinski definition) is 1. The van der Waals surface area contributed by atoms with Crippen molar-refractivity contribution >= 4 is 33.4 Å². The zero-order valence-corrected chi connectivity index (χ0v) is 14.2. The van der Waals surface area contributed by atoms with Gasteiger partial charge in [-0.1, -0.05) is 23.7 Å². The molecule has 3 nitrogen and oxygen atoms in total. The summed E-state index contributed by atoms with van der Waals surface area (Å²) in [5.74, 6) is 0. The Hall–Kier alpha value is -2.73. The van der Waals surface area contributed by atoms with Gasteiger partial charge in [0.15, 0.2) is 0 Å². The van der Waals surface area contributed by atoms with E-state index in [0.29, 0.717) is 27.2 Å². The molecule has 132 valence electrons. The predicted octanol–water partition coefficient (Wildman–Crippen LogP) is 5.66. The average molecular weight is 377 g/mol.